The average molecular weight is 386 g/mol. The molecule has 0 heterocycles. The average Bonchev–Trinajstić information content (AvgIpc) is 2.28. The zero-order valence-corrected chi connectivity index (χ0v) is 15.9. The molecule has 0 spiro atoms. The van der Waals surface area contributed by atoms with Gasteiger partial charge in [-0.3, -0.25) is 0 Å². The zero-order chi connectivity index (χ0) is 13.0. The van der Waals surface area contributed by atoms with Gasteiger partial charge in [0.05, 0.1) is 0 Å². The Morgan fingerprint density at radius 2 is 0.941 bits per heavy atom. The van der Waals surface area contributed by atoms with E-state index in [2.05, 4.69) is 44.4 Å². The Morgan fingerprint density at radius 1 is 0.588 bits per heavy atom. The van der Waals surface area contributed by atoms with E-state index in [1.54, 1.807) is 0 Å². The standard InChI is InChI=1S/C14H30Br2Si/c1-3-5-7-9-11-13-17(15,16)14-12-10-8-6-4-2/h3-14H2,1-2H3. The van der Waals surface area contributed by atoms with Crippen LogP contribution in [0.1, 0.15) is 78.1 Å². The Morgan fingerprint density at radius 3 is 1.29 bits per heavy atom. The van der Waals surface area contributed by atoms with E-state index in [0.29, 0.717) is 0 Å². The lowest BCUT2D eigenvalue weighted by atomic mass is 10.2. The first-order chi connectivity index (χ1) is 8.12. The second-order valence-electron chi connectivity index (χ2n) is 5.18. The van der Waals surface area contributed by atoms with Gasteiger partial charge in [-0.15, -0.1) is 30.6 Å². The van der Waals surface area contributed by atoms with Gasteiger partial charge >= 0.3 is 0 Å². The monoisotopic (exact) mass is 384 g/mol. The fraction of sp³-hybridized carbons (Fsp3) is 1.00. The Kier molecular flexibility index (Phi) is 13.1. The van der Waals surface area contributed by atoms with Crippen LogP contribution in [0.25, 0.3) is 0 Å². The van der Waals surface area contributed by atoms with E-state index in [-0.39, 0.29) is 0 Å². The quantitative estimate of drug-likeness (QED) is 0.190. The van der Waals surface area contributed by atoms with E-state index in [1.165, 1.54) is 76.3 Å². The molecule has 0 nitrogen and oxygen atoms in total. The largest absolute Gasteiger partial charge is 0.201 e. The van der Waals surface area contributed by atoms with Crippen LogP contribution in [0.4, 0.5) is 0 Å². The van der Waals surface area contributed by atoms with Crippen molar-refractivity contribution >= 4 is 35.9 Å². The van der Waals surface area contributed by atoms with Gasteiger partial charge in [0.2, 0.25) is 5.31 Å². The van der Waals surface area contributed by atoms with E-state index < -0.39 is 5.31 Å². The SMILES string of the molecule is CCCCCCC[Si](Br)(Br)CCCCCCC. The summed E-state index contributed by atoms with van der Waals surface area (Å²) >= 11 is 7.95. The summed E-state index contributed by atoms with van der Waals surface area (Å²) in [5.74, 6) is 0. The lowest BCUT2D eigenvalue weighted by Crippen LogP contribution is -2.16. The molecule has 17 heavy (non-hydrogen) atoms. The van der Waals surface area contributed by atoms with Crippen molar-refractivity contribution in [2.24, 2.45) is 0 Å². The normalized spacial score (nSPS) is 12.0. The molecule has 0 radical (unpaired) electrons. The summed E-state index contributed by atoms with van der Waals surface area (Å²) in [6.45, 7) is 4.56. The third-order valence-electron chi connectivity index (χ3n) is 3.29. The summed E-state index contributed by atoms with van der Waals surface area (Å²) in [6, 6.07) is 2.81. The Labute approximate surface area is 125 Å². The maximum absolute atomic E-state index is 3.98. The van der Waals surface area contributed by atoms with Crippen molar-refractivity contribution in [3.8, 4) is 0 Å². The van der Waals surface area contributed by atoms with E-state index >= 15 is 0 Å². The molecule has 0 amide bonds. The molecule has 0 aliphatic rings. The number of hydrogen-bond donors (Lipinski definition) is 0. The van der Waals surface area contributed by atoms with Crippen LogP contribution >= 0.6 is 30.6 Å². The Hall–Kier alpha value is 1.18. The van der Waals surface area contributed by atoms with Gasteiger partial charge in [-0.25, -0.2) is 0 Å². The van der Waals surface area contributed by atoms with Crippen LogP contribution in [-0.4, -0.2) is 5.31 Å². The van der Waals surface area contributed by atoms with Gasteiger partial charge in [0.1, 0.15) is 0 Å². The molecule has 104 valence electrons. The predicted molar refractivity (Wildman–Crippen MR) is 90.7 cm³/mol. The van der Waals surface area contributed by atoms with Crippen molar-refractivity contribution in [2.45, 2.75) is 90.1 Å². The van der Waals surface area contributed by atoms with Crippen molar-refractivity contribution in [2.75, 3.05) is 0 Å². The van der Waals surface area contributed by atoms with Gasteiger partial charge in [-0.2, -0.15) is 0 Å². The van der Waals surface area contributed by atoms with Gasteiger partial charge in [-0.05, 0) is 12.1 Å². The molecule has 3 heteroatoms. The Bertz CT molecular complexity index is 144. The zero-order valence-electron chi connectivity index (χ0n) is 11.7. The molecular weight excluding hydrogens is 356 g/mol. The third-order valence-corrected chi connectivity index (χ3v) is 10.2. The van der Waals surface area contributed by atoms with Gasteiger partial charge in [0, 0.05) is 0 Å². The lowest BCUT2D eigenvalue weighted by molar-refractivity contribution is 0.646. The van der Waals surface area contributed by atoms with Crippen molar-refractivity contribution in [1.29, 1.82) is 0 Å². The number of hydrogen-bond acceptors (Lipinski definition) is 0. The second kappa shape index (κ2) is 12.2. The van der Waals surface area contributed by atoms with Crippen LogP contribution in [0.5, 0.6) is 0 Å². The first kappa shape index (κ1) is 18.2. The highest BCUT2D eigenvalue weighted by molar-refractivity contribution is 9.51. The molecule has 0 unspecified atom stereocenters. The van der Waals surface area contributed by atoms with E-state index in [0.717, 1.165) is 0 Å². The fourth-order valence-corrected chi connectivity index (χ4v) is 7.25. The maximum atomic E-state index is 3.98. The molecule has 0 aromatic carbocycles. The van der Waals surface area contributed by atoms with Crippen molar-refractivity contribution in [3.63, 3.8) is 0 Å². The number of halogens is 2. The molecule has 0 fully saturated rings. The molecule has 0 aromatic heterocycles. The molecule has 0 bridgehead atoms. The summed E-state index contributed by atoms with van der Waals surface area (Å²) in [6.07, 6.45) is 14.1. The minimum atomic E-state index is -1.20. The van der Waals surface area contributed by atoms with Gasteiger partial charge in [-0.1, -0.05) is 78.1 Å². The third kappa shape index (κ3) is 13.4. The molecular formula is C14H30Br2Si. The maximum Gasteiger partial charge on any atom is 0.201 e. The van der Waals surface area contributed by atoms with Crippen molar-refractivity contribution < 1.29 is 0 Å². The molecule has 0 N–H and O–H groups in total. The Balaban J connectivity index is 3.38. The summed E-state index contributed by atoms with van der Waals surface area (Å²) in [4.78, 5) is 0. The van der Waals surface area contributed by atoms with Crippen LogP contribution in [-0.2, 0) is 0 Å². The van der Waals surface area contributed by atoms with Crippen LogP contribution < -0.4 is 0 Å². The van der Waals surface area contributed by atoms with Crippen molar-refractivity contribution in [3.05, 3.63) is 0 Å². The van der Waals surface area contributed by atoms with Gasteiger partial charge in [0.25, 0.3) is 0 Å². The smallest absolute Gasteiger partial charge is 0.111 e. The number of rotatable bonds is 12. The topological polar surface area (TPSA) is 0 Å². The number of unbranched alkanes of at least 4 members (excludes halogenated alkanes) is 8. The van der Waals surface area contributed by atoms with Gasteiger partial charge in [0.15, 0.2) is 0 Å². The molecule has 0 aromatic rings. The lowest BCUT2D eigenvalue weighted by Gasteiger charge is -2.17. The van der Waals surface area contributed by atoms with Crippen LogP contribution in [0.2, 0.25) is 12.1 Å². The highest BCUT2D eigenvalue weighted by Gasteiger charge is 2.24. The molecule has 0 saturated carbocycles. The van der Waals surface area contributed by atoms with E-state index in [9.17, 15) is 0 Å². The van der Waals surface area contributed by atoms with Crippen LogP contribution in [0.15, 0.2) is 0 Å². The fourth-order valence-electron chi connectivity index (χ4n) is 2.10. The van der Waals surface area contributed by atoms with E-state index in [1.807, 2.05) is 0 Å². The molecule has 0 rings (SSSR count). The minimum absolute atomic E-state index is 1.20. The first-order valence-electron chi connectivity index (χ1n) is 7.50. The van der Waals surface area contributed by atoms with Gasteiger partial charge < -0.3 is 0 Å². The predicted octanol–water partition coefficient (Wildman–Crippen LogP) is 7.16. The molecule has 0 aliphatic heterocycles. The molecule has 0 saturated heterocycles. The highest BCUT2D eigenvalue weighted by atomic mass is 79.9. The van der Waals surface area contributed by atoms with E-state index in [4.69, 9.17) is 0 Å². The second-order valence-corrected chi connectivity index (χ2v) is 20.2. The molecule has 0 aliphatic carbocycles. The summed E-state index contributed by atoms with van der Waals surface area (Å²) < 4.78 is 0. The summed E-state index contributed by atoms with van der Waals surface area (Å²) in [5.41, 5.74) is 0. The summed E-state index contributed by atoms with van der Waals surface area (Å²) in [7, 11) is 0. The van der Waals surface area contributed by atoms with Crippen LogP contribution in [0, 0.1) is 0 Å². The minimum Gasteiger partial charge on any atom is -0.111 e. The van der Waals surface area contributed by atoms with Crippen LogP contribution in [0.3, 0.4) is 0 Å². The van der Waals surface area contributed by atoms with Crippen molar-refractivity contribution in [1.82, 2.24) is 0 Å². The summed E-state index contributed by atoms with van der Waals surface area (Å²) in [5, 5.41) is -1.20. The molecule has 0 atom stereocenters. The highest BCUT2D eigenvalue weighted by Crippen LogP contribution is 2.34. The first-order valence-corrected chi connectivity index (χ1v) is 14.4.